The smallest absolute Gasteiger partial charge is 0.231 e. The van der Waals surface area contributed by atoms with Gasteiger partial charge in [0.05, 0.1) is 33.4 Å². The molecule has 0 N–H and O–H groups in total. The van der Waals surface area contributed by atoms with Gasteiger partial charge >= 0.3 is 0 Å². The molecular formula is C20H23NO4S. The van der Waals surface area contributed by atoms with Gasteiger partial charge in [-0.1, -0.05) is 12.1 Å². The van der Waals surface area contributed by atoms with Crippen LogP contribution in [-0.2, 0) is 11.2 Å². The molecule has 6 heteroatoms. The maximum atomic E-state index is 13.0. The molecule has 0 bridgehead atoms. The zero-order chi connectivity index (χ0) is 18.5. The van der Waals surface area contributed by atoms with E-state index in [0.29, 0.717) is 17.2 Å². The van der Waals surface area contributed by atoms with Gasteiger partial charge in [-0.15, -0.1) is 11.8 Å². The van der Waals surface area contributed by atoms with E-state index < -0.39 is 0 Å². The van der Waals surface area contributed by atoms with Crippen molar-refractivity contribution in [2.45, 2.75) is 17.7 Å². The zero-order valence-corrected chi connectivity index (χ0v) is 16.1. The van der Waals surface area contributed by atoms with Gasteiger partial charge in [-0.3, -0.25) is 4.79 Å². The van der Waals surface area contributed by atoms with Gasteiger partial charge in [0, 0.05) is 11.4 Å². The first-order valence-electron chi connectivity index (χ1n) is 8.49. The second-order valence-electron chi connectivity index (χ2n) is 5.93. The lowest BCUT2D eigenvalue weighted by Crippen LogP contribution is -2.33. The van der Waals surface area contributed by atoms with E-state index in [1.54, 1.807) is 33.1 Å². The highest BCUT2D eigenvalue weighted by molar-refractivity contribution is 7.99. The van der Waals surface area contributed by atoms with Crippen LogP contribution in [0.2, 0.25) is 0 Å². The van der Waals surface area contributed by atoms with Crippen LogP contribution >= 0.6 is 11.8 Å². The molecule has 2 aromatic rings. The summed E-state index contributed by atoms with van der Waals surface area (Å²) in [5.74, 6) is 2.73. The molecule has 0 aromatic heterocycles. The van der Waals surface area contributed by atoms with E-state index in [1.807, 2.05) is 35.2 Å². The van der Waals surface area contributed by atoms with Crippen LogP contribution in [0.3, 0.4) is 0 Å². The van der Waals surface area contributed by atoms with Gasteiger partial charge in [0.2, 0.25) is 11.7 Å². The number of carbonyl (C=O) groups is 1. The summed E-state index contributed by atoms with van der Waals surface area (Å²) in [4.78, 5) is 16.1. The van der Waals surface area contributed by atoms with Crippen LogP contribution in [0.4, 0.5) is 5.69 Å². The van der Waals surface area contributed by atoms with E-state index in [0.717, 1.165) is 34.9 Å². The van der Waals surface area contributed by atoms with Gasteiger partial charge in [0.1, 0.15) is 0 Å². The summed E-state index contributed by atoms with van der Waals surface area (Å²) in [5.41, 5.74) is 1.83. The molecule has 1 aliphatic heterocycles. The summed E-state index contributed by atoms with van der Waals surface area (Å²) in [7, 11) is 4.72. The minimum atomic E-state index is 0.0641. The molecule has 26 heavy (non-hydrogen) atoms. The molecule has 2 aromatic carbocycles. The van der Waals surface area contributed by atoms with Crippen molar-refractivity contribution in [1.82, 2.24) is 0 Å². The van der Waals surface area contributed by atoms with E-state index in [9.17, 15) is 4.79 Å². The Kier molecular flexibility index (Phi) is 5.93. The van der Waals surface area contributed by atoms with Crippen LogP contribution in [0, 0.1) is 0 Å². The third-order valence-corrected chi connectivity index (χ3v) is 5.47. The van der Waals surface area contributed by atoms with Gasteiger partial charge in [-0.2, -0.15) is 0 Å². The Bertz CT molecular complexity index is 768. The van der Waals surface area contributed by atoms with Crippen LogP contribution in [0.5, 0.6) is 17.2 Å². The Labute approximate surface area is 158 Å². The summed E-state index contributed by atoms with van der Waals surface area (Å²) in [6, 6.07) is 11.7. The number of benzene rings is 2. The Morgan fingerprint density at radius 3 is 2.42 bits per heavy atom. The number of nitrogens with zero attached hydrogens (tertiary/aromatic N) is 1. The molecule has 0 atom stereocenters. The van der Waals surface area contributed by atoms with Gasteiger partial charge in [-0.05, 0) is 42.0 Å². The van der Waals surface area contributed by atoms with E-state index in [2.05, 4.69) is 6.07 Å². The predicted molar refractivity (Wildman–Crippen MR) is 104 cm³/mol. The lowest BCUT2D eigenvalue weighted by Gasteiger charge is -2.23. The number of methoxy groups -OCH3 is 3. The SMILES string of the molecule is COc1cc(CC(=O)N2CCCSc3ccccc32)cc(OC)c1OC. The number of anilines is 1. The number of hydrogen-bond acceptors (Lipinski definition) is 5. The van der Waals surface area contributed by atoms with Gasteiger partial charge in [-0.25, -0.2) is 0 Å². The first-order chi connectivity index (χ1) is 12.7. The molecule has 138 valence electrons. The fourth-order valence-corrected chi connectivity index (χ4v) is 4.09. The molecule has 5 nitrogen and oxygen atoms in total. The van der Waals surface area contributed by atoms with Gasteiger partial charge in [0.25, 0.3) is 0 Å². The summed E-state index contributed by atoms with van der Waals surface area (Å²) in [6.45, 7) is 0.729. The first-order valence-corrected chi connectivity index (χ1v) is 9.47. The van der Waals surface area contributed by atoms with Crippen LogP contribution in [0.25, 0.3) is 0 Å². The minimum absolute atomic E-state index is 0.0641. The number of thioether (sulfide) groups is 1. The monoisotopic (exact) mass is 373 g/mol. The predicted octanol–water partition coefficient (Wildman–Crippen LogP) is 3.78. The maximum absolute atomic E-state index is 13.0. The molecule has 0 saturated heterocycles. The number of fused-ring (bicyclic) bond motifs is 1. The van der Waals surface area contributed by atoms with Crippen LogP contribution in [0.1, 0.15) is 12.0 Å². The van der Waals surface area contributed by atoms with E-state index in [4.69, 9.17) is 14.2 Å². The average Bonchev–Trinajstić information content (AvgIpc) is 2.89. The van der Waals surface area contributed by atoms with Crippen molar-refractivity contribution in [1.29, 1.82) is 0 Å². The Balaban J connectivity index is 1.88. The highest BCUT2D eigenvalue weighted by Crippen LogP contribution is 2.39. The fourth-order valence-electron chi connectivity index (χ4n) is 3.09. The number of hydrogen-bond donors (Lipinski definition) is 0. The van der Waals surface area contributed by atoms with Crippen molar-refractivity contribution in [2.24, 2.45) is 0 Å². The summed E-state index contributed by atoms with van der Waals surface area (Å²) in [5, 5.41) is 0. The largest absolute Gasteiger partial charge is 0.493 e. The second-order valence-corrected chi connectivity index (χ2v) is 7.06. The number of carbonyl (C=O) groups excluding carboxylic acids is 1. The molecule has 3 rings (SSSR count). The maximum Gasteiger partial charge on any atom is 0.231 e. The molecule has 0 saturated carbocycles. The normalized spacial score (nSPS) is 13.6. The van der Waals surface area contributed by atoms with Crippen LogP contribution in [0.15, 0.2) is 41.3 Å². The van der Waals surface area contributed by atoms with Crippen molar-refractivity contribution in [3.8, 4) is 17.2 Å². The van der Waals surface area contributed by atoms with E-state index in [-0.39, 0.29) is 12.3 Å². The molecule has 1 amide bonds. The summed E-state index contributed by atoms with van der Waals surface area (Å²) in [6.07, 6.45) is 1.25. The molecular weight excluding hydrogens is 350 g/mol. The highest BCUT2D eigenvalue weighted by atomic mass is 32.2. The Morgan fingerprint density at radius 1 is 1.08 bits per heavy atom. The molecule has 0 unspecified atom stereocenters. The zero-order valence-electron chi connectivity index (χ0n) is 15.3. The number of amides is 1. The van der Waals surface area contributed by atoms with E-state index >= 15 is 0 Å². The molecule has 1 heterocycles. The Hall–Kier alpha value is -2.34. The average molecular weight is 373 g/mol. The van der Waals surface area contributed by atoms with Gasteiger partial charge < -0.3 is 19.1 Å². The fraction of sp³-hybridized carbons (Fsp3) is 0.350. The van der Waals surface area contributed by atoms with E-state index in [1.165, 1.54) is 0 Å². The number of rotatable bonds is 5. The third-order valence-electron chi connectivity index (χ3n) is 4.32. The highest BCUT2D eigenvalue weighted by Gasteiger charge is 2.22. The molecule has 1 aliphatic rings. The van der Waals surface area contributed by atoms with Crippen LogP contribution in [-0.4, -0.2) is 39.5 Å². The molecule has 0 aliphatic carbocycles. The lowest BCUT2D eigenvalue weighted by molar-refractivity contribution is -0.118. The third kappa shape index (κ3) is 3.75. The van der Waals surface area contributed by atoms with Crippen LogP contribution < -0.4 is 19.1 Å². The summed E-state index contributed by atoms with van der Waals surface area (Å²) < 4.78 is 16.1. The Morgan fingerprint density at radius 2 is 1.77 bits per heavy atom. The van der Waals surface area contributed by atoms with Crippen molar-refractivity contribution in [3.05, 3.63) is 42.0 Å². The second kappa shape index (κ2) is 8.36. The number of ether oxygens (including phenoxy) is 3. The molecule has 0 radical (unpaired) electrons. The van der Waals surface area contributed by atoms with Crippen molar-refractivity contribution in [2.75, 3.05) is 38.5 Å². The standard InChI is InChI=1S/C20H23NO4S/c1-23-16-11-14(12-17(24-2)20(16)25-3)13-19(22)21-9-6-10-26-18-8-5-4-7-15(18)21/h4-5,7-8,11-12H,6,9-10,13H2,1-3H3. The van der Waals surface area contributed by atoms with Crippen molar-refractivity contribution >= 4 is 23.4 Å². The topological polar surface area (TPSA) is 48.0 Å². The van der Waals surface area contributed by atoms with Gasteiger partial charge in [0.15, 0.2) is 11.5 Å². The lowest BCUT2D eigenvalue weighted by atomic mass is 10.1. The minimum Gasteiger partial charge on any atom is -0.493 e. The van der Waals surface area contributed by atoms with Crippen molar-refractivity contribution < 1.29 is 19.0 Å². The quantitative estimate of drug-likeness (QED) is 0.798. The van der Waals surface area contributed by atoms with Crippen molar-refractivity contribution in [3.63, 3.8) is 0 Å². The first kappa shape index (κ1) is 18.5. The summed E-state index contributed by atoms with van der Waals surface area (Å²) >= 11 is 1.80. The molecule has 0 fully saturated rings. The molecule has 0 spiro atoms. The number of para-hydroxylation sites is 1.